The summed E-state index contributed by atoms with van der Waals surface area (Å²) in [6.45, 7) is 4.01. The third-order valence-electron chi connectivity index (χ3n) is 4.21. The molecule has 0 atom stereocenters. The van der Waals surface area contributed by atoms with Gasteiger partial charge in [-0.25, -0.2) is 4.98 Å². The normalized spacial score (nSPS) is 11.1. The van der Waals surface area contributed by atoms with E-state index < -0.39 is 0 Å². The Labute approximate surface area is 139 Å². The van der Waals surface area contributed by atoms with Crippen LogP contribution in [0.4, 0.5) is 5.82 Å². The van der Waals surface area contributed by atoms with Crippen molar-refractivity contribution < 1.29 is 9.90 Å². The molecule has 3 N–H and O–H groups in total. The monoisotopic (exact) mass is 324 g/mol. The van der Waals surface area contributed by atoms with Crippen molar-refractivity contribution in [3.05, 3.63) is 36.5 Å². The molecule has 0 saturated heterocycles. The lowest BCUT2D eigenvalue weighted by Gasteiger charge is -2.11. The highest BCUT2D eigenvalue weighted by molar-refractivity contribution is 6.00. The third kappa shape index (κ3) is 3.08. The second-order valence-corrected chi connectivity index (χ2v) is 5.74. The lowest BCUT2D eigenvalue weighted by molar-refractivity contribution is -0.120. The molecular formula is C18H20N4O2. The van der Waals surface area contributed by atoms with Crippen LogP contribution in [0.1, 0.15) is 26.7 Å². The number of pyridine rings is 1. The minimum absolute atomic E-state index is 0.0133. The lowest BCUT2D eigenvalue weighted by atomic mass is 10.0. The molecule has 0 spiro atoms. The summed E-state index contributed by atoms with van der Waals surface area (Å²) in [4.78, 5) is 16.6. The van der Waals surface area contributed by atoms with Crippen LogP contribution in [0.15, 0.2) is 36.5 Å². The first-order valence-corrected chi connectivity index (χ1v) is 8.06. The number of phenols is 1. The number of rotatable bonds is 5. The fraction of sp³-hybridized carbons (Fsp3) is 0.278. The number of amides is 1. The molecule has 0 fully saturated rings. The molecule has 0 unspecified atom stereocenters. The Hall–Kier alpha value is -2.89. The number of hydrogen-bond acceptors (Lipinski definition) is 4. The number of aromatic hydroxyl groups is 1. The van der Waals surface area contributed by atoms with E-state index in [-0.39, 0.29) is 17.6 Å². The SMILES string of the molecule is CCC(CC)C(=O)Nc1[nH]nc2ncc(-c3ccc(O)cc3)cc12. The number of fused-ring (bicyclic) bond motifs is 1. The zero-order chi connectivity index (χ0) is 17.1. The Morgan fingerprint density at radius 1 is 1.21 bits per heavy atom. The Kier molecular flexibility index (Phi) is 4.46. The van der Waals surface area contributed by atoms with Crippen LogP contribution in [-0.4, -0.2) is 26.2 Å². The van der Waals surface area contributed by atoms with Gasteiger partial charge in [-0.2, -0.15) is 5.10 Å². The van der Waals surface area contributed by atoms with Crippen LogP contribution < -0.4 is 5.32 Å². The van der Waals surface area contributed by atoms with Crippen molar-refractivity contribution in [1.82, 2.24) is 15.2 Å². The van der Waals surface area contributed by atoms with Crippen LogP contribution in [0.5, 0.6) is 5.75 Å². The van der Waals surface area contributed by atoms with Gasteiger partial charge in [-0.05, 0) is 36.6 Å². The fourth-order valence-electron chi connectivity index (χ4n) is 2.69. The third-order valence-corrected chi connectivity index (χ3v) is 4.21. The number of phenolic OH excluding ortho intramolecular Hbond substituents is 1. The molecule has 2 heterocycles. The van der Waals surface area contributed by atoms with Crippen molar-refractivity contribution in [3.63, 3.8) is 0 Å². The summed E-state index contributed by atoms with van der Waals surface area (Å²) in [5.41, 5.74) is 2.37. The minimum atomic E-state index is -0.0170. The molecule has 0 aliphatic carbocycles. The average molecular weight is 324 g/mol. The van der Waals surface area contributed by atoms with Crippen molar-refractivity contribution in [2.75, 3.05) is 5.32 Å². The van der Waals surface area contributed by atoms with Gasteiger partial charge < -0.3 is 10.4 Å². The molecule has 3 aromatic rings. The lowest BCUT2D eigenvalue weighted by Crippen LogP contribution is -2.21. The summed E-state index contributed by atoms with van der Waals surface area (Å²) in [6.07, 6.45) is 3.32. The van der Waals surface area contributed by atoms with Gasteiger partial charge in [0.1, 0.15) is 11.6 Å². The van der Waals surface area contributed by atoms with E-state index in [0.717, 1.165) is 29.4 Å². The smallest absolute Gasteiger partial charge is 0.228 e. The van der Waals surface area contributed by atoms with Crippen molar-refractivity contribution in [2.24, 2.45) is 5.92 Å². The number of benzene rings is 1. The fourth-order valence-corrected chi connectivity index (χ4v) is 2.69. The van der Waals surface area contributed by atoms with Gasteiger partial charge in [0.2, 0.25) is 5.91 Å². The van der Waals surface area contributed by atoms with Gasteiger partial charge >= 0.3 is 0 Å². The molecule has 24 heavy (non-hydrogen) atoms. The number of aromatic nitrogens is 3. The van der Waals surface area contributed by atoms with Crippen LogP contribution in [0.3, 0.4) is 0 Å². The average Bonchev–Trinajstić information content (AvgIpc) is 2.99. The van der Waals surface area contributed by atoms with Crippen molar-refractivity contribution in [2.45, 2.75) is 26.7 Å². The molecule has 0 aliphatic rings. The van der Waals surface area contributed by atoms with E-state index in [1.165, 1.54) is 0 Å². The van der Waals surface area contributed by atoms with E-state index in [2.05, 4.69) is 20.5 Å². The first kappa shape index (κ1) is 16.0. The van der Waals surface area contributed by atoms with Crippen LogP contribution in [-0.2, 0) is 4.79 Å². The molecule has 6 nitrogen and oxygen atoms in total. The number of nitrogens with zero attached hydrogens (tertiary/aromatic N) is 2. The zero-order valence-corrected chi connectivity index (χ0v) is 13.7. The molecular weight excluding hydrogens is 304 g/mol. The molecule has 6 heteroatoms. The van der Waals surface area contributed by atoms with Gasteiger partial charge in [-0.1, -0.05) is 26.0 Å². The predicted octanol–water partition coefficient (Wildman–Crippen LogP) is 3.71. The van der Waals surface area contributed by atoms with E-state index in [1.54, 1.807) is 18.3 Å². The van der Waals surface area contributed by atoms with Gasteiger partial charge in [-0.3, -0.25) is 9.89 Å². The van der Waals surface area contributed by atoms with Crippen LogP contribution in [0, 0.1) is 5.92 Å². The molecule has 0 radical (unpaired) electrons. The standard InChI is InChI=1S/C18H20N4O2/c1-3-11(4-2)18(24)20-17-15-9-13(10-19-16(15)21-22-17)12-5-7-14(23)8-6-12/h5-11,23H,3-4H2,1-2H3,(H2,19,20,21,22,24). The number of carbonyl (C=O) groups is 1. The highest BCUT2D eigenvalue weighted by Crippen LogP contribution is 2.27. The number of H-pyrrole nitrogens is 1. The van der Waals surface area contributed by atoms with Gasteiger partial charge in [0.25, 0.3) is 0 Å². The van der Waals surface area contributed by atoms with Crippen LogP contribution in [0.2, 0.25) is 0 Å². The molecule has 0 saturated carbocycles. The maximum Gasteiger partial charge on any atom is 0.228 e. The Bertz CT molecular complexity index is 851. The first-order chi connectivity index (χ1) is 11.6. The van der Waals surface area contributed by atoms with Crippen molar-refractivity contribution in [3.8, 4) is 16.9 Å². The van der Waals surface area contributed by atoms with E-state index in [4.69, 9.17) is 0 Å². The highest BCUT2D eigenvalue weighted by atomic mass is 16.3. The Morgan fingerprint density at radius 3 is 2.58 bits per heavy atom. The highest BCUT2D eigenvalue weighted by Gasteiger charge is 2.17. The topological polar surface area (TPSA) is 90.9 Å². The van der Waals surface area contributed by atoms with E-state index >= 15 is 0 Å². The number of nitrogens with one attached hydrogen (secondary N) is 2. The quantitative estimate of drug-likeness (QED) is 0.667. The number of anilines is 1. The molecule has 1 amide bonds. The van der Waals surface area contributed by atoms with Crippen molar-refractivity contribution >= 4 is 22.8 Å². The van der Waals surface area contributed by atoms with Crippen LogP contribution >= 0.6 is 0 Å². The summed E-state index contributed by atoms with van der Waals surface area (Å²) in [5, 5.41) is 20.1. The first-order valence-electron chi connectivity index (χ1n) is 8.06. The summed E-state index contributed by atoms with van der Waals surface area (Å²) in [6, 6.07) is 8.83. The molecule has 124 valence electrons. The van der Waals surface area contributed by atoms with Gasteiger partial charge in [0.05, 0.1) is 5.39 Å². The summed E-state index contributed by atoms with van der Waals surface area (Å²) >= 11 is 0. The van der Waals surface area contributed by atoms with Crippen molar-refractivity contribution in [1.29, 1.82) is 0 Å². The maximum atomic E-state index is 12.3. The largest absolute Gasteiger partial charge is 0.508 e. The second kappa shape index (κ2) is 6.70. The number of carbonyl (C=O) groups excluding carboxylic acids is 1. The summed E-state index contributed by atoms with van der Waals surface area (Å²) in [5.74, 6) is 0.751. The summed E-state index contributed by atoms with van der Waals surface area (Å²) in [7, 11) is 0. The molecule has 0 bridgehead atoms. The van der Waals surface area contributed by atoms with Gasteiger partial charge in [0, 0.05) is 17.7 Å². The maximum absolute atomic E-state index is 12.3. The molecule has 2 aromatic heterocycles. The molecule has 0 aliphatic heterocycles. The van der Waals surface area contributed by atoms with E-state index in [9.17, 15) is 9.90 Å². The van der Waals surface area contributed by atoms with Gasteiger partial charge in [0.15, 0.2) is 5.65 Å². The number of aromatic amines is 1. The van der Waals surface area contributed by atoms with Crippen LogP contribution in [0.25, 0.3) is 22.2 Å². The van der Waals surface area contributed by atoms with Gasteiger partial charge in [-0.15, -0.1) is 0 Å². The Morgan fingerprint density at radius 2 is 1.92 bits per heavy atom. The Balaban J connectivity index is 1.94. The summed E-state index contributed by atoms with van der Waals surface area (Å²) < 4.78 is 0. The zero-order valence-electron chi connectivity index (χ0n) is 13.7. The molecule has 3 rings (SSSR count). The second-order valence-electron chi connectivity index (χ2n) is 5.74. The minimum Gasteiger partial charge on any atom is -0.508 e. The molecule has 1 aromatic carbocycles. The van der Waals surface area contributed by atoms with E-state index in [0.29, 0.717) is 11.5 Å². The predicted molar refractivity (Wildman–Crippen MR) is 93.7 cm³/mol. The van der Waals surface area contributed by atoms with E-state index in [1.807, 2.05) is 32.0 Å². The number of hydrogen-bond donors (Lipinski definition) is 3.